The van der Waals surface area contributed by atoms with E-state index < -0.39 is 10.7 Å². The predicted molar refractivity (Wildman–Crippen MR) is 82.0 cm³/mol. The second-order valence-corrected chi connectivity index (χ2v) is 6.46. The highest BCUT2D eigenvalue weighted by Crippen LogP contribution is 2.32. The van der Waals surface area contributed by atoms with Gasteiger partial charge in [0.25, 0.3) is 0 Å². The molecule has 1 heterocycles. The first-order valence-electron chi connectivity index (χ1n) is 5.74. The fourth-order valence-corrected chi connectivity index (χ4v) is 3.14. The lowest BCUT2D eigenvalue weighted by atomic mass is 10.2. The number of carbonyl (C=O) groups is 1. The third kappa shape index (κ3) is 3.72. The van der Waals surface area contributed by atoms with Crippen LogP contribution in [-0.2, 0) is 0 Å². The van der Waals surface area contributed by atoms with E-state index >= 15 is 0 Å². The van der Waals surface area contributed by atoms with Crippen molar-refractivity contribution in [3.05, 3.63) is 54.2 Å². The van der Waals surface area contributed by atoms with Crippen LogP contribution in [0.25, 0.3) is 0 Å². The lowest BCUT2D eigenvalue weighted by molar-refractivity contribution is -0.385. The van der Waals surface area contributed by atoms with Gasteiger partial charge in [-0.15, -0.1) is 11.3 Å². The maximum atomic E-state index is 12.0. The average Bonchev–Trinajstić information content (AvgIpc) is 2.75. The summed E-state index contributed by atoms with van der Waals surface area (Å²) in [6.07, 6.45) is 0. The van der Waals surface area contributed by atoms with Crippen molar-refractivity contribution in [3.8, 4) is 5.75 Å². The molecular weight excluding hydrogens is 337 g/mol. The summed E-state index contributed by atoms with van der Waals surface area (Å²) in [4.78, 5) is 22.4. The molecule has 0 saturated heterocycles. The van der Waals surface area contributed by atoms with Crippen LogP contribution in [0, 0.1) is 17.0 Å². The molecule has 0 aliphatic rings. The second kappa shape index (κ2) is 6.43. The molecule has 0 aliphatic carbocycles. The molecule has 0 bridgehead atoms. The van der Waals surface area contributed by atoms with Crippen LogP contribution in [0.4, 0.5) is 5.69 Å². The Morgan fingerprint density at radius 1 is 1.38 bits per heavy atom. The number of ether oxygens (including phenoxy) is 1. The van der Waals surface area contributed by atoms with Crippen LogP contribution in [0.15, 0.2) is 24.3 Å². The van der Waals surface area contributed by atoms with E-state index in [1.165, 1.54) is 18.2 Å². The highest BCUT2D eigenvalue weighted by molar-refractivity contribution is 7.20. The van der Waals surface area contributed by atoms with Crippen molar-refractivity contribution >= 4 is 46.0 Å². The number of halogens is 2. The largest absolute Gasteiger partial charge is 0.478 e. The normalized spacial score (nSPS) is 10.4. The molecule has 110 valence electrons. The van der Waals surface area contributed by atoms with E-state index in [2.05, 4.69) is 0 Å². The highest BCUT2D eigenvalue weighted by Gasteiger charge is 2.19. The van der Waals surface area contributed by atoms with Crippen molar-refractivity contribution < 1.29 is 14.5 Å². The predicted octanol–water partition coefficient (Wildman–Crippen LogP) is 4.53. The van der Waals surface area contributed by atoms with Crippen molar-refractivity contribution in [2.75, 3.05) is 6.61 Å². The number of thiophene rings is 1. The van der Waals surface area contributed by atoms with Gasteiger partial charge in [-0.3, -0.25) is 14.9 Å². The molecule has 0 unspecified atom stereocenters. The Morgan fingerprint density at radius 3 is 2.67 bits per heavy atom. The minimum Gasteiger partial charge on any atom is -0.478 e. The summed E-state index contributed by atoms with van der Waals surface area (Å²) < 4.78 is 5.91. The van der Waals surface area contributed by atoms with Crippen LogP contribution >= 0.6 is 34.5 Å². The number of rotatable bonds is 5. The minimum absolute atomic E-state index is 0.0383. The molecule has 21 heavy (non-hydrogen) atoms. The van der Waals surface area contributed by atoms with Crippen LogP contribution in [0.5, 0.6) is 5.75 Å². The Hall–Kier alpha value is -1.63. The second-order valence-electron chi connectivity index (χ2n) is 4.18. The van der Waals surface area contributed by atoms with Gasteiger partial charge in [0.2, 0.25) is 5.78 Å². The van der Waals surface area contributed by atoms with Gasteiger partial charge >= 0.3 is 5.69 Å². The van der Waals surface area contributed by atoms with Gasteiger partial charge in [-0.1, -0.05) is 29.3 Å². The van der Waals surface area contributed by atoms with Gasteiger partial charge in [0, 0.05) is 6.07 Å². The third-order valence-electron chi connectivity index (χ3n) is 2.63. The van der Waals surface area contributed by atoms with E-state index in [1.54, 1.807) is 13.0 Å². The highest BCUT2D eigenvalue weighted by atomic mass is 35.5. The van der Waals surface area contributed by atoms with Gasteiger partial charge in [-0.05, 0) is 24.6 Å². The van der Waals surface area contributed by atoms with Crippen LogP contribution in [0.1, 0.15) is 15.9 Å². The maximum absolute atomic E-state index is 12.0. The van der Waals surface area contributed by atoms with Crippen molar-refractivity contribution in [1.29, 1.82) is 0 Å². The molecule has 1 aromatic heterocycles. The molecule has 0 saturated carbocycles. The zero-order valence-electron chi connectivity index (χ0n) is 10.8. The first-order chi connectivity index (χ1) is 9.88. The number of hydrogen-bond acceptors (Lipinski definition) is 5. The maximum Gasteiger partial charge on any atom is 0.311 e. The standard InChI is InChI=1S/C13H9Cl2NO4S/c1-7-2-3-11(9(4-7)16(18)19)20-6-10(17)8-5-12(14)21-13(8)15/h2-5H,6H2,1H3. The Bertz CT molecular complexity index is 714. The minimum atomic E-state index is -0.554. The smallest absolute Gasteiger partial charge is 0.311 e. The van der Waals surface area contributed by atoms with Gasteiger partial charge in [-0.2, -0.15) is 0 Å². The number of hydrogen-bond donors (Lipinski definition) is 0. The fraction of sp³-hybridized carbons (Fsp3) is 0.154. The number of nitro benzene ring substituents is 1. The quantitative estimate of drug-likeness (QED) is 0.453. The van der Waals surface area contributed by atoms with Gasteiger partial charge in [-0.25, -0.2) is 0 Å². The third-order valence-corrected chi connectivity index (χ3v) is 4.11. The summed E-state index contributed by atoms with van der Waals surface area (Å²) in [6, 6.07) is 5.96. The van der Waals surface area contributed by atoms with Crippen LogP contribution < -0.4 is 4.74 Å². The number of nitro groups is 1. The summed E-state index contributed by atoms with van der Waals surface area (Å²) in [5.41, 5.74) is 0.798. The average molecular weight is 346 g/mol. The molecule has 2 aromatic rings. The Labute approximate surface area is 134 Å². The zero-order valence-corrected chi connectivity index (χ0v) is 13.1. The molecule has 0 N–H and O–H groups in total. The number of carbonyl (C=O) groups excluding carboxylic acids is 1. The number of aryl methyl sites for hydroxylation is 1. The van der Waals surface area contributed by atoms with E-state index in [4.69, 9.17) is 27.9 Å². The molecule has 0 amide bonds. The topological polar surface area (TPSA) is 69.4 Å². The number of benzene rings is 1. The van der Waals surface area contributed by atoms with Gasteiger partial charge < -0.3 is 4.74 Å². The van der Waals surface area contributed by atoms with E-state index in [1.807, 2.05) is 0 Å². The summed E-state index contributed by atoms with van der Waals surface area (Å²) in [6.45, 7) is 1.38. The lowest BCUT2D eigenvalue weighted by Gasteiger charge is -2.06. The molecule has 0 aliphatic heterocycles. The fourth-order valence-electron chi connectivity index (χ4n) is 1.64. The Balaban J connectivity index is 2.15. The van der Waals surface area contributed by atoms with Gasteiger partial charge in [0.1, 0.15) is 4.34 Å². The molecule has 0 spiro atoms. The summed E-state index contributed by atoms with van der Waals surface area (Å²) >= 11 is 12.7. The molecule has 8 heteroatoms. The molecule has 0 atom stereocenters. The Morgan fingerprint density at radius 2 is 2.10 bits per heavy atom. The number of ketones is 1. The van der Waals surface area contributed by atoms with E-state index in [9.17, 15) is 14.9 Å². The molecule has 5 nitrogen and oxygen atoms in total. The number of Topliss-reactive ketones (excluding diaryl/α,β-unsaturated/α-hetero) is 1. The van der Waals surface area contributed by atoms with Crippen molar-refractivity contribution in [3.63, 3.8) is 0 Å². The summed E-state index contributed by atoms with van der Waals surface area (Å²) in [5, 5.41) is 10.9. The first-order valence-corrected chi connectivity index (χ1v) is 7.31. The van der Waals surface area contributed by atoms with Gasteiger partial charge in [0.05, 0.1) is 14.8 Å². The van der Waals surface area contributed by atoms with Crippen LogP contribution in [0.2, 0.25) is 8.67 Å². The molecule has 2 rings (SSSR count). The molecule has 0 fully saturated rings. The number of nitrogens with zero attached hydrogens (tertiary/aromatic N) is 1. The molecular formula is C13H9Cl2NO4S. The summed E-state index contributed by atoms with van der Waals surface area (Å²) in [5.74, 6) is -0.352. The van der Waals surface area contributed by atoms with E-state index in [-0.39, 0.29) is 27.9 Å². The summed E-state index contributed by atoms with van der Waals surface area (Å²) in [7, 11) is 0. The van der Waals surface area contributed by atoms with Crippen molar-refractivity contribution in [2.24, 2.45) is 0 Å². The van der Waals surface area contributed by atoms with Gasteiger partial charge in [0.15, 0.2) is 12.4 Å². The Kier molecular flexibility index (Phi) is 4.82. The first kappa shape index (κ1) is 15.8. The zero-order chi connectivity index (χ0) is 15.6. The van der Waals surface area contributed by atoms with Crippen LogP contribution in [0.3, 0.4) is 0 Å². The monoisotopic (exact) mass is 345 g/mol. The molecule has 1 aromatic carbocycles. The van der Waals surface area contributed by atoms with Crippen LogP contribution in [-0.4, -0.2) is 17.3 Å². The van der Waals surface area contributed by atoms with Crippen molar-refractivity contribution in [2.45, 2.75) is 6.92 Å². The SMILES string of the molecule is Cc1ccc(OCC(=O)c2cc(Cl)sc2Cl)c([N+](=O)[O-])c1. The van der Waals surface area contributed by atoms with E-state index in [0.717, 1.165) is 16.9 Å². The molecule has 0 radical (unpaired) electrons. The lowest BCUT2D eigenvalue weighted by Crippen LogP contribution is -2.12. The van der Waals surface area contributed by atoms with Crippen molar-refractivity contribution in [1.82, 2.24) is 0 Å². The van der Waals surface area contributed by atoms with E-state index in [0.29, 0.717) is 4.34 Å².